The van der Waals surface area contributed by atoms with Crippen molar-refractivity contribution in [1.29, 1.82) is 0 Å². The molecule has 1 fully saturated rings. The molecule has 1 N–H and O–H groups in total. The van der Waals surface area contributed by atoms with Gasteiger partial charge in [-0.15, -0.1) is 0 Å². The van der Waals surface area contributed by atoms with E-state index in [9.17, 15) is 22.8 Å². The Kier molecular flexibility index (Phi) is 5.62. The first-order valence-corrected chi connectivity index (χ1v) is 9.85. The molecule has 0 saturated carbocycles. The van der Waals surface area contributed by atoms with E-state index >= 15 is 0 Å². The van der Waals surface area contributed by atoms with Crippen LogP contribution in [0.4, 0.5) is 19.0 Å². The molecule has 0 spiro atoms. The molecular formula is C21H20F3N5O2. The molecule has 4 rings (SSSR count). The number of piperazine rings is 1. The summed E-state index contributed by atoms with van der Waals surface area (Å²) >= 11 is 0. The van der Waals surface area contributed by atoms with Gasteiger partial charge in [0.25, 0.3) is 5.56 Å². The number of benzene rings is 1. The van der Waals surface area contributed by atoms with Crippen LogP contribution in [0.1, 0.15) is 17.7 Å². The van der Waals surface area contributed by atoms with Gasteiger partial charge in [0.15, 0.2) is 0 Å². The number of para-hydroxylation sites is 2. The number of nitrogens with one attached hydrogen (secondary N) is 1. The summed E-state index contributed by atoms with van der Waals surface area (Å²) in [6, 6.07) is 9.55. The molecule has 0 radical (unpaired) electrons. The molecule has 3 heterocycles. The van der Waals surface area contributed by atoms with E-state index in [4.69, 9.17) is 0 Å². The van der Waals surface area contributed by atoms with Gasteiger partial charge in [0.1, 0.15) is 11.5 Å². The first-order valence-electron chi connectivity index (χ1n) is 9.85. The molecule has 1 aromatic carbocycles. The van der Waals surface area contributed by atoms with Crippen molar-refractivity contribution in [1.82, 2.24) is 19.9 Å². The molecule has 10 heteroatoms. The highest BCUT2D eigenvalue weighted by atomic mass is 19.4. The Morgan fingerprint density at radius 3 is 2.48 bits per heavy atom. The van der Waals surface area contributed by atoms with Crippen molar-refractivity contribution >= 4 is 22.8 Å². The van der Waals surface area contributed by atoms with Crippen LogP contribution in [0.15, 0.2) is 47.4 Å². The fraction of sp³-hybridized carbons (Fsp3) is 0.333. The molecular weight excluding hydrogens is 411 g/mol. The maximum atomic E-state index is 12.7. The second-order valence-corrected chi connectivity index (χ2v) is 7.30. The van der Waals surface area contributed by atoms with Gasteiger partial charge in [-0.1, -0.05) is 12.1 Å². The van der Waals surface area contributed by atoms with Gasteiger partial charge in [-0.05, 0) is 24.3 Å². The lowest BCUT2D eigenvalue weighted by atomic mass is 10.2. The third-order valence-corrected chi connectivity index (χ3v) is 5.28. The van der Waals surface area contributed by atoms with E-state index in [1.807, 2.05) is 17.0 Å². The summed E-state index contributed by atoms with van der Waals surface area (Å²) in [5.41, 5.74) is 0.546. The molecule has 31 heavy (non-hydrogen) atoms. The number of aromatic amines is 1. The van der Waals surface area contributed by atoms with Gasteiger partial charge in [0.05, 0.1) is 16.6 Å². The zero-order valence-electron chi connectivity index (χ0n) is 16.5. The van der Waals surface area contributed by atoms with Crippen LogP contribution < -0.4 is 10.5 Å². The van der Waals surface area contributed by atoms with E-state index in [1.54, 1.807) is 17.0 Å². The largest absolute Gasteiger partial charge is 0.417 e. The predicted octanol–water partition coefficient (Wildman–Crippen LogP) is 2.62. The molecule has 1 saturated heterocycles. The number of carbonyl (C=O) groups is 1. The van der Waals surface area contributed by atoms with Crippen LogP contribution >= 0.6 is 0 Å². The summed E-state index contributed by atoms with van der Waals surface area (Å²) in [4.78, 5) is 39.3. The van der Waals surface area contributed by atoms with Crippen molar-refractivity contribution in [2.24, 2.45) is 0 Å². The predicted molar refractivity (Wildman–Crippen MR) is 109 cm³/mol. The van der Waals surface area contributed by atoms with Crippen LogP contribution in [0.2, 0.25) is 0 Å². The van der Waals surface area contributed by atoms with Crippen molar-refractivity contribution < 1.29 is 18.0 Å². The monoisotopic (exact) mass is 431 g/mol. The van der Waals surface area contributed by atoms with Crippen LogP contribution in [0.5, 0.6) is 0 Å². The van der Waals surface area contributed by atoms with Gasteiger partial charge in [-0.2, -0.15) is 13.2 Å². The summed E-state index contributed by atoms with van der Waals surface area (Å²) in [6.07, 6.45) is -3.20. The molecule has 0 unspecified atom stereocenters. The number of anilines is 1. The Bertz CT molecular complexity index is 1140. The number of H-pyrrole nitrogens is 1. The number of rotatable bonds is 4. The van der Waals surface area contributed by atoms with Crippen LogP contribution in [-0.2, 0) is 17.4 Å². The Morgan fingerprint density at radius 2 is 1.81 bits per heavy atom. The van der Waals surface area contributed by atoms with E-state index in [-0.39, 0.29) is 24.3 Å². The Balaban J connectivity index is 1.32. The topological polar surface area (TPSA) is 82.2 Å². The first-order chi connectivity index (χ1) is 14.8. The summed E-state index contributed by atoms with van der Waals surface area (Å²) in [6.45, 7) is 1.81. The Labute approximate surface area is 175 Å². The molecule has 7 nitrogen and oxygen atoms in total. The Morgan fingerprint density at radius 1 is 1.06 bits per heavy atom. The summed E-state index contributed by atoms with van der Waals surface area (Å²) < 4.78 is 38.0. The zero-order chi connectivity index (χ0) is 22.0. The number of aryl methyl sites for hydroxylation is 1. The van der Waals surface area contributed by atoms with Crippen LogP contribution in [0.25, 0.3) is 11.0 Å². The number of hydrogen-bond acceptors (Lipinski definition) is 5. The minimum absolute atomic E-state index is 0.0885. The van der Waals surface area contributed by atoms with Crippen molar-refractivity contribution in [2.45, 2.75) is 19.0 Å². The van der Waals surface area contributed by atoms with E-state index in [1.165, 1.54) is 6.07 Å². The average Bonchev–Trinajstić information content (AvgIpc) is 2.77. The number of nitrogens with zero attached hydrogens (tertiary/aromatic N) is 4. The van der Waals surface area contributed by atoms with Gasteiger partial charge in [0, 0.05) is 45.2 Å². The maximum absolute atomic E-state index is 12.7. The number of alkyl halides is 3. The van der Waals surface area contributed by atoms with Gasteiger partial charge >= 0.3 is 6.18 Å². The molecule has 0 atom stereocenters. The molecule has 2 aromatic heterocycles. The summed E-state index contributed by atoms with van der Waals surface area (Å²) in [7, 11) is 0. The molecule has 162 valence electrons. The minimum Gasteiger partial charge on any atom is -0.353 e. The molecule has 1 aliphatic heterocycles. The van der Waals surface area contributed by atoms with E-state index in [0.717, 1.165) is 12.3 Å². The van der Waals surface area contributed by atoms with E-state index in [0.29, 0.717) is 48.7 Å². The average molecular weight is 431 g/mol. The molecule has 0 aliphatic carbocycles. The van der Waals surface area contributed by atoms with Crippen molar-refractivity contribution in [3.8, 4) is 0 Å². The van der Waals surface area contributed by atoms with Gasteiger partial charge in [-0.25, -0.2) is 9.97 Å². The number of fused-ring (bicyclic) bond motifs is 1. The highest BCUT2D eigenvalue weighted by molar-refractivity contribution is 5.77. The van der Waals surface area contributed by atoms with E-state index in [2.05, 4.69) is 15.0 Å². The highest BCUT2D eigenvalue weighted by Crippen LogP contribution is 2.29. The molecule has 3 aromatic rings. The zero-order valence-corrected chi connectivity index (χ0v) is 16.5. The lowest BCUT2D eigenvalue weighted by molar-refractivity contribution is -0.137. The first kappa shape index (κ1) is 20.8. The number of pyridine rings is 1. The quantitative estimate of drug-likeness (QED) is 0.687. The second kappa shape index (κ2) is 8.37. The lowest BCUT2D eigenvalue weighted by Crippen LogP contribution is -2.49. The van der Waals surface area contributed by atoms with Crippen molar-refractivity contribution in [2.75, 3.05) is 31.1 Å². The second-order valence-electron chi connectivity index (χ2n) is 7.30. The fourth-order valence-corrected chi connectivity index (χ4v) is 3.55. The third kappa shape index (κ3) is 4.68. The number of hydrogen-bond donors (Lipinski definition) is 1. The smallest absolute Gasteiger partial charge is 0.353 e. The van der Waals surface area contributed by atoms with Crippen LogP contribution in [0.3, 0.4) is 0 Å². The summed E-state index contributed by atoms with van der Waals surface area (Å²) in [5.74, 6) is 0.362. The standard InChI is InChI=1S/C21H20F3N5O2/c22-21(23,24)14-5-7-18(25-13-14)28-9-11-29(12-10-28)19(30)8-6-17-20(31)27-16-4-2-1-3-15(16)26-17/h1-5,7,13H,6,8-12H2,(H,27,31). The molecule has 1 amide bonds. The van der Waals surface area contributed by atoms with Gasteiger partial charge < -0.3 is 14.8 Å². The van der Waals surface area contributed by atoms with Crippen LogP contribution in [-0.4, -0.2) is 51.9 Å². The maximum Gasteiger partial charge on any atom is 0.417 e. The number of aromatic nitrogens is 3. The third-order valence-electron chi connectivity index (χ3n) is 5.28. The molecule has 0 bridgehead atoms. The summed E-state index contributed by atoms with van der Waals surface area (Å²) in [5, 5.41) is 0. The molecule has 1 aliphatic rings. The number of carbonyl (C=O) groups excluding carboxylic acids is 1. The number of halogens is 3. The number of amides is 1. The Hall–Kier alpha value is -3.43. The van der Waals surface area contributed by atoms with Gasteiger partial charge in [-0.3, -0.25) is 9.59 Å². The van der Waals surface area contributed by atoms with E-state index < -0.39 is 11.7 Å². The fourth-order valence-electron chi connectivity index (χ4n) is 3.55. The highest BCUT2D eigenvalue weighted by Gasteiger charge is 2.31. The van der Waals surface area contributed by atoms with Gasteiger partial charge in [0.2, 0.25) is 5.91 Å². The van der Waals surface area contributed by atoms with Crippen LogP contribution in [0, 0.1) is 0 Å². The van der Waals surface area contributed by atoms with Crippen molar-refractivity contribution in [3.63, 3.8) is 0 Å². The SMILES string of the molecule is O=C(CCc1nc2ccccc2[nH]c1=O)N1CCN(c2ccc(C(F)(F)F)cn2)CC1. The normalized spacial score (nSPS) is 14.8. The van der Waals surface area contributed by atoms with Crippen molar-refractivity contribution in [3.05, 3.63) is 64.2 Å². The lowest BCUT2D eigenvalue weighted by Gasteiger charge is -2.35. The minimum atomic E-state index is -4.42.